The SMILES string of the molecule is CCNS(=O)(=O)c1ccc(NS(=O)(=O)c2ccc(NC(=O)[C@@](C)(O)C(F)(F)F)c(Cl)c2)cc1. The molecule has 0 fully saturated rings. The van der Waals surface area contributed by atoms with E-state index in [-0.39, 0.29) is 29.7 Å². The number of hydrogen-bond acceptors (Lipinski definition) is 6. The van der Waals surface area contributed by atoms with Crippen LogP contribution < -0.4 is 14.8 Å². The van der Waals surface area contributed by atoms with Gasteiger partial charge in [0.1, 0.15) is 0 Å². The maximum absolute atomic E-state index is 12.8. The fourth-order valence-electron chi connectivity index (χ4n) is 2.33. The second-order valence-electron chi connectivity index (χ2n) is 6.80. The molecule has 0 bridgehead atoms. The smallest absolute Gasteiger partial charge is 0.373 e. The number of hydrogen-bond donors (Lipinski definition) is 4. The fourth-order valence-corrected chi connectivity index (χ4v) is 4.74. The molecule has 33 heavy (non-hydrogen) atoms. The molecule has 0 aliphatic rings. The van der Waals surface area contributed by atoms with E-state index < -0.39 is 47.6 Å². The summed E-state index contributed by atoms with van der Waals surface area (Å²) in [7, 11) is -7.96. The van der Waals surface area contributed by atoms with Crippen molar-refractivity contribution in [1.82, 2.24) is 4.72 Å². The Labute approximate surface area is 193 Å². The van der Waals surface area contributed by atoms with Crippen LogP contribution in [0, 0.1) is 0 Å². The molecule has 2 rings (SSSR count). The summed E-state index contributed by atoms with van der Waals surface area (Å²) in [6.07, 6.45) is -5.25. The van der Waals surface area contributed by atoms with Crippen LogP contribution in [0.4, 0.5) is 24.5 Å². The molecule has 0 aliphatic carbocycles. The highest BCUT2D eigenvalue weighted by Gasteiger charge is 2.55. The highest BCUT2D eigenvalue weighted by atomic mass is 35.5. The van der Waals surface area contributed by atoms with Gasteiger partial charge in [-0.2, -0.15) is 13.2 Å². The Kier molecular flexibility index (Phi) is 7.70. The van der Waals surface area contributed by atoms with E-state index in [1.54, 1.807) is 12.2 Å². The molecule has 15 heteroatoms. The fraction of sp³-hybridized carbons (Fsp3) is 0.278. The Morgan fingerprint density at radius 1 is 1.00 bits per heavy atom. The summed E-state index contributed by atoms with van der Waals surface area (Å²) >= 11 is 5.90. The average molecular weight is 530 g/mol. The molecule has 0 saturated heterocycles. The van der Waals surface area contributed by atoms with Crippen LogP contribution in [0.25, 0.3) is 0 Å². The van der Waals surface area contributed by atoms with Crippen LogP contribution in [-0.2, 0) is 24.8 Å². The van der Waals surface area contributed by atoms with Crippen LogP contribution in [0.1, 0.15) is 13.8 Å². The summed E-state index contributed by atoms with van der Waals surface area (Å²) in [6.45, 7) is 2.02. The van der Waals surface area contributed by atoms with Crippen molar-refractivity contribution in [2.24, 2.45) is 0 Å². The van der Waals surface area contributed by atoms with E-state index >= 15 is 0 Å². The maximum Gasteiger partial charge on any atom is 0.426 e. The topological polar surface area (TPSA) is 142 Å². The number of benzene rings is 2. The van der Waals surface area contributed by atoms with E-state index in [9.17, 15) is 39.9 Å². The first-order chi connectivity index (χ1) is 15.0. The molecule has 2 aromatic rings. The molecule has 0 spiro atoms. The molecule has 0 heterocycles. The minimum absolute atomic E-state index is 0.0279. The Morgan fingerprint density at radius 3 is 2.03 bits per heavy atom. The maximum atomic E-state index is 12.8. The van der Waals surface area contributed by atoms with Crippen molar-refractivity contribution in [3.8, 4) is 0 Å². The van der Waals surface area contributed by atoms with E-state index in [1.807, 2.05) is 0 Å². The van der Waals surface area contributed by atoms with Gasteiger partial charge in [0, 0.05) is 12.2 Å². The van der Waals surface area contributed by atoms with Crippen LogP contribution in [-0.4, -0.2) is 46.2 Å². The van der Waals surface area contributed by atoms with Gasteiger partial charge in [0.2, 0.25) is 15.6 Å². The van der Waals surface area contributed by atoms with E-state index in [1.165, 1.54) is 24.3 Å². The largest absolute Gasteiger partial charge is 0.426 e. The highest BCUT2D eigenvalue weighted by molar-refractivity contribution is 7.92. The van der Waals surface area contributed by atoms with Crippen LogP contribution in [0.15, 0.2) is 52.3 Å². The predicted octanol–water partition coefficient (Wildman–Crippen LogP) is 2.69. The van der Waals surface area contributed by atoms with Crippen LogP contribution in [0.2, 0.25) is 5.02 Å². The van der Waals surface area contributed by atoms with Gasteiger partial charge in [-0.05, 0) is 49.4 Å². The van der Waals surface area contributed by atoms with E-state index in [0.717, 1.165) is 18.2 Å². The normalized spacial score (nSPS) is 14.4. The van der Waals surface area contributed by atoms with Crippen molar-refractivity contribution in [3.63, 3.8) is 0 Å². The molecule has 0 aromatic heterocycles. The highest BCUT2D eigenvalue weighted by Crippen LogP contribution is 2.33. The second-order valence-corrected chi connectivity index (χ2v) is 10.7. The van der Waals surface area contributed by atoms with E-state index in [4.69, 9.17) is 11.6 Å². The van der Waals surface area contributed by atoms with Gasteiger partial charge in [0.05, 0.1) is 20.5 Å². The summed E-state index contributed by atoms with van der Waals surface area (Å²) < 4.78 is 91.9. The zero-order chi connectivity index (χ0) is 25.2. The van der Waals surface area contributed by atoms with Gasteiger partial charge in [-0.1, -0.05) is 18.5 Å². The average Bonchev–Trinajstić information content (AvgIpc) is 2.68. The van der Waals surface area contributed by atoms with Gasteiger partial charge in [-0.3, -0.25) is 9.52 Å². The minimum Gasteiger partial charge on any atom is -0.373 e. The summed E-state index contributed by atoms with van der Waals surface area (Å²) in [5, 5.41) is 10.8. The van der Waals surface area contributed by atoms with E-state index in [2.05, 4.69) is 9.44 Å². The Bertz CT molecular complexity index is 1250. The molecule has 0 aliphatic heterocycles. The quantitative estimate of drug-likeness (QED) is 0.414. The number of nitrogens with one attached hydrogen (secondary N) is 3. The van der Waals surface area contributed by atoms with Crippen LogP contribution in [0.3, 0.4) is 0 Å². The standard InChI is InChI=1S/C18H19ClF3N3O6S2/c1-3-23-32(28,29)12-6-4-11(5-7-12)25-33(30,31)13-8-9-15(14(19)10-13)24-16(26)17(2,27)18(20,21)22/h4-10,23,25,27H,3H2,1-2H3,(H,24,26)/t17-/m1/s1. The molecule has 9 nitrogen and oxygen atoms in total. The van der Waals surface area contributed by atoms with Gasteiger partial charge in [0.25, 0.3) is 15.9 Å². The molecule has 4 N–H and O–H groups in total. The molecule has 1 amide bonds. The molecule has 2 aromatic carbocycles. The number of anilines is 2. The van der Waals surface area contributed by atoms with Gasteiger partial charge in [-0.25, -0.2) is 21.6 Å². The number of carbonyl (C=O) groups is 1. The van der Waals surface area contributed by atoms with Gasteiger partial charge >= 0.3 is 6.18 Å². The third kappa shape index (κ3) is 6.14. The summed E-state index contributed by atoms with van der Waals surface area (Å²) in [5.74, 6) is -1.81. The lowest BCUT2D eigenvalue weighted by Crippen LogP contribution is -2.52. The Balaban J connectivity index is 2.22. The van der Waals surface area contributed by atoms with Crippen LogP contribution in [0.5, 0.6) is 0 Å². The first-order valence-corrected chi connectivity index (χ1v) is 12.4. The minimum atomic E-state index is -5.25. The first kappa shape index (κ1) is 26.9. The molecule has 182 valence electrons. The second kappa shape index (κ2) is 9.46. The number of sulfonamides is 2. The summed E-state index contributed by atoms with van der Waals surface area (Å²) in [5.41, 5.74) is -4.03. The zero-order valence-corrected chi connectivity index (χ0v) is 19.5. The molecular weight excluding hydrogens is 511 g/mol. The van der Waals surface area contributed by atoms with Crippen molar-refractivity contribution in [3.05, 3.63) is 47.5 Å². The van der Waals surface area contributed by atoms with Gasteiger partial charge in [-0.15, -0.1) is 0 Å². The number of aliphatic hydroxyl groups is 1. The molecule has 0 saturated carbocycles. The number of amides is 1. The lowest BCUT2D eigenvalue weighted by Gasteiger charge is -2.25. The van der Waals surface area contributed by atoms with Crippen molar-refractivity contribution >= 4 is 48.9 Å². The van der Waals surface area contributed by atoms with Gasteiger partial charge < -0.3 is 10.4 Å². The third-order valence-electron chi connectivity index (χ3n) is 4.24. The molecule has 0 unspecified atom stereocenters. The van der Waals surface area contributed by atoms with Crippen molar-refractivity contribution in [1.29, 1.82) is 0 Å². The molecule has 0 radical (unpaired) electrons. The Hall–Kier alpha value is -2.39. The zero-order valence-electron chi connectivity index (χ0n) is 17.1. The number of rotatable bonds is 8. The lowest BCUT2D eigenvalue weighted by atomic mass is 10.1. The van der Waals surface area contributed by atoms with E-state index in [0.29, 0.717) is 0 Å². The third-order valence-corrected chi connectivity index (χ3v) is 7.50. The monoisotopic (exact) mass is 529 g/mol. The van der Waals surface area contributed by atoms with Gasteiger partial charge in [0.15, 0.2) is 0 Å². The molecular formula is C18H19ClF3N3O6S2. The van der Waals surface area contributed by atoms with Crippen molar-refractivity contribution in [2.75, 3.05) is 16.6 Å². The van der Waals surface area contributed by atoms with Crippen molar-refractivity contribution < 1.29 is 39.9 Å². The summed E-state index contributed by atoms with van der Waals surface area (Å²) in [4.78, 5) is 11.3. The number of carbonyl (C=O) groups excluding carboxylic acids is 1. The molecule has 1 atom stereocenters. The summed E-state index contributed by atoms with van der Waals surface area (Å²) in [6, 6.07) is 7.62. The Morgan fingerprint density at radius 2 is 1.55 bits per heavy atom. The lowest BCUT2D eigenvalue weighted by molar-refractivity contribution is -0.242. The first-order valence-electron chi connectivity index (χ1n) is 9.04. The number of alkyl halides is 3. The predicted molar refractivity (Wildman–Crippen MR) is 115 cm³/mol. The van der Waals surface area contributed by atoms with Crippen LogP contribution >= 0.6 is 11.6 Å². The van der Waals surface area contributed by atoms with Crippen molar-refractivity contribution in [2.45, 2.75) is 35.4 Å². The number of halogens is 4.